The maximum Gasteiger partial charge on any atom is 0.0966 e. The summed E-state index contributed by atoms with van der Waals surface area (Å²) in [5.41, 5.74) is 2.40. The van der Waals surface area contributed by atoms with Crippen LogP contribution in [0.4, 0.5) is 0 Å². The first-order valence-corrected chi connectivity index (χ1v) is 2.75. The SMILES string of the molecule is O=NNC1CCCN1. The zero-order valence-corrected chi connectivity index (χ0v) is 4.55. The average Bonchev–Trinajstić information content (AvgIpc) is 2.19. The number of rotatable bonds is 2. The molecule has 0 spiro atoms. The molecule has 8 heavy (non-hydrogen) atoms. The van der Waals surface area contributed by atoms with Gasteiger partial charge in [-0.1, -0.05) is 0 Å². The second-order valence-electron chi connectivity index (χ2n) is 1.87. The summed E-state index contributed by atoms with van der Waals surface area (Å²) < 4.78 is 0. The monoisotopic (exact) mass is 115 g/mol. The average molecular weight is 115 g/mol. The molecule has 0 aliphatic carbocycles. The number of hydrogen-bond donors (Lipinski definition) is 2. The zero-order valence-electron chi connectivity index (χ0n) is 4.55. The lowest BCUT2D eigenvalue weighted by molar-refractivity contribution is 0.498. The third-order valence-corrected chi connectivity index (χ3v) is 1.27. The molecule has 1 heterocycles. The molecule has 2 N–H and O–H groups in total. The van der Waals surface area contributed by atoms with Gasteiger partial charge in [0.2, 0.25) is 0 Å². The van der Waals surface area contributed by atoms with Gasteiger partial charge in [-0.25, -0.2) is 0 Å². The smallest absolute Gasteiger partial charge is 0.0966 e. The minimum Gasteiger partial charge on any atom is -0.296 e. The fraction of sp³-hybridized carbons (Fsp3) is 1.00. The normalized spacial score (nSPS) is 27.8. The van der Waals surface area contributed by atoms with Gasteiger partial charge in [0, 0.05) is 0 Å². The number of hydrogen-bond acceptors (Lipinski definition) is 3. The number of nitrogens with zero attached hydrogens (tertiary/aromatic N) is 1. The highest BCUT2D eigenvalue weighted by Gasteiger charge is 2.11. The molecular weight excluding hydrogens is 106 g/mol. The lowest BCUT2D eigenvalue weighted by Crippen LogP contribution is -2.33. The molecule has 0 amide bonds. The quantitative estimate of drug-likeness (QED) is 0.392. The lowest BCUT2D eigenvalue weighted by Gasteiger charge is -2.03. The summed E-state index contributed by atoms with van der Waals surface area (Å²) in [7, 11) is 0. The molecule has 1 atom stereocenters. The van der Waals surface area contributed by atoms with Gasteiger partial charge in [-0.3, -0.25) is 10.7 Å². The van der Waals surface area contributed by atoms with Crippen molar-refractivity contribution in [3.63, 3.8) is 0 Å². The molecule has 1 saturated heterocycles. The first-order valence-electron chi connectivity index (χ1n) is 2.75. The highest BCUT2D eigenvalue weighted by molar-refractivity contribution is 4.69. The highest BCUT2D eigenvalue weighted by atomic mass is 16.3. The Labute approximate surface area is 47.6 Å². The molecule has 1 unspecified atom stereocenters. The molecular formula is C4H9N3O. The van der Waals surface area contributed by atoms with Crippen LogP contribution < -0.4 is 10.7 Å². The first-order chi connectivity index (χ1) is 3.93. The molecule has 0 radical (unpaired) electrons. The minimum atomic E-state index is 0.132. The fourth-order valence-electron chi connectivity index (χ4n) is 0.858. The molecule has 4 heteroatoms. The van der Waals surface area contributed by atoms with E-state index in [1.54, 1.807) is 0 Å². The van der Waals surface area contributed by atoms with Crippen molar-refractivity contribution in [3.8, 4) is 0 Å². The molecule has 0 bridgehead atoms. The largest absolute Gasteiger partial charge is 0.296 e. The molecule has 0 aromatic rings. The predicted octanol–water partition coefficient (Wildman–Crippen LogP) is -0.0331. The number of nitrogens with one attached hydrogen (secondary N) is 2. The standard InChI is InChI=1S/C4H9N3O/c8-7-6-4-2-1-3-5-4/h4-5H,1-3H2,(H,6,8). The zero-order chi connectivity index (χ0) is 5.82. The third kappa shape index (κ3) is 1.16. The van der Waals surface area contributed by atoms with Gasteiger partial charge in [-0.15, -0.1) is 4.91 Å². The van der Waals surface area contributed by atoms with Gasteiger partial charge in [-0.05, 0) is 19.4 Å². The van der Waals surface area contributed by atoms with Gasteiger partial charge in [0.15, 0.2) is 0 Å². The molecule has 1 fully saturated rings. The Kier molecular flexibility index (Phi) is 1.80. The third-order valence-electron chi connectivity index (χ3n) is 1.27. The van der Waals surface area contributed by atoms with Crippen molar-refractivity contribution in [2.75, 3.05) is 6.54 Å². The Morgan fingerprint density at radius 3 is 3.12 bits per heavy atom. The fourth-order valence-corrected chi connectivity index (χ4v) is 0.858. The van der Waals surface area contributed by atoms with Gasteiger partial charge in [0.1, 0.15) is 0 Å². The Morgan fingerprint density at radius 1 is 1.75 bits per heavy atom. The van der Waals surface area contributed by atoms with Crippen LogP contribution in [0.25, 0.3) is 0 Å². The van der Waals surface area contributed by atoms with Gasteiger partial charge in [-0.2, -0.15) is 0 Å². The topological polar surface area (TPSA) is 53.5 Å². The molecule has 46 valence electrons. The summed E-state index contributed by atoms with van der Waals surface area (Å²) in [5, 5.41) is 5.61. The van der Waals surface area contributed by atoms with E-state index in [1.165, 1.54) is 0 Å². The maximum absolute atomic E-state index is 9.56. The molecule has 0 aromatic heterocycles. The maximum atomic E-state index is 9.56. The molecule has 1 aliphatic heterocycles. The lowest BCUT2D eigenvalue weighted by atomic mass is 10.3. The van der Waals surface area contributed by atoms with Crippen LogP contribution in [0.5, 0.6) is 0 Å². The molecule has 0 saturated carbocycles. The van der Waals surface area contributed by atoms with Crippen molar-refractivity contribution < 1.29 is 0 Å². The van der Waals surface area contributed by atoms with E-state index < -0.39 is 0 Å². The van der Waals surface area contributed by atoms with Crippen molar-refractivity contribution in [1.29, 1.82) is 0 Å². The van der Waals surface area contributed by atoms with E-state index in [1.807, 2.05) is 0 Å². The van der Waals surface area contributed by atoms with E-state index >= 15 is 0 Å². The van der Waals surface area contributed by atoms with Crippen molar-refractivity contribution in [3.05, 3.63) is 4.91 Å². The summed E-state index contributed by atoms with van der Waals surface area (Å²) in [6.45, 7) is 0.993. The van der Waals surface area contributed by atoms with Crippen LogP contribution in [0.2, 0.25) is 0 Å². The number of nitroso groups, excluding NO2 is 1. The second kappa shape index (κ2) is 2.61. The summed E-state index contributed by atoms with van der Waals surface area (Å²) in [6, 6.07) is 0. The highest BCUT2D eigenvalue weighted by Crippen LogP contribution is 2.00. The van der Waals surface area contributed by atoms with Gasteiger partial charge in [0.25, 0.3) is 0 Å². The van der Waals surface area contributed by atoms with Gasteiger partial charge >= 0.3 is 0 Å². The van der Waals surface area contributed by atoms with Crippen LogP contribution in [0.1, 0.15) is 12.8 Å². The minimum absolute atomic E-state index is 0.132. The van der Waals surface area contributed by atoms with Crippen molar-refractivity contribution in [1.82, 2.24) is 10.7 Å². The van der Waals surface area contributed by atoms with Crippen molar-refractivity contribution in [2.24, 2.45) is 5.29 Å². The van der Waals surface area contributed by atoms with Crippen molar-refractivity contribution in [2.45, 2.75) is 19.0 Å². The van der Waals surface area contributed by atoms with E-state index in [0.29, 0.717) is 0 Å². The van der Waals surface area contributed by atoms with E-state index in [0.717, 1.165) is 19.4 Å². The first kappa shape index (κ1) is 5.50. The summed E-state index contributed by atoms with van der Waals surface area (Å²) in [5.74, 6) is 0. The molecule has 4 nitrogen and oxygen atoms in total. The summed E-state index contributed by atoms with van der Waals surface area (Å²) in [4.78, 5) is 9.56. The Hall–Kier alpha value is -0.640. The van der Waals surface area contributed by atoms with E-state index in [2.05, 4.69) is 16.0 Å². The molecule has 1 rings (SSSR count). The van der Waals surface area contributed by atoms with Crippen LogP contribution >= 0.6 is 0 Å². The van der Waals surface area contributed by atoms with Crippen LogP contribution in [-0.2, 0) is 0 Å². The molecule has 1 aliphatic rings. The van der Waals surface area contributed by atoms with Crippen LogP contribution in [-0.4, -0.2) is 12.7 Å². The van der Waals surface area contributed by atoms with Gasteiger partial charge in [0.05, 0.1) is 11.5 Å². The molecule has 0 aromatic carbocycles. The Bertz CT molecular complexity index is 79.4. The van der Waals surface area contributed by atoms with Crippen molar-refractivity contribution >= 4 is 0 Å². The Morgan fingerprint density at radius 2 is 2.62 bits per heavy atom. The van der Waals surface area contributed by atoms with E-state index in [-0.39, 0.29) is 6.17 Å². The second-order valence-corrected chi connectivity index (χ2v) is 1.87. The van der Waals surface area contributed by atoms with Crippen LogP contribution in [0.3, 0.4) is 0 Å². The van der Waals surface area contributed by atoms with E-state index in [9.17, 15) is 4.91 Å². The predicted molar refractivity (Wildman–Crippen MR) is 30.0 cm³/mol. The summed E-state index contributed by atoms with van der Waals surface area (Å²) >= 11 is 0. The Balaban J connectivity index is 2.14. The van der Waals surface area contributed by atoms with Gasteiger partial charge < -0.3 is 0 Å². The van der Waals surface area contributed by atoms with Crippen LogP contribution in [0, 0.1) is 4.91 Å². The van der Waals surface area contributed by atoms with Crippen LogP contribution in [0.15, 0.2) is 5.29 Å². The van der Waals surface area contributed by atoms with E-state index in [4.69, 9.17) is 0 Å². The summed E-state index contributed by atoms with van der Waals surface area (Å²) in [6.07, 6.45) is 2.27.